The van der Waals surface area contributed by atoms with Crippen LogP contribution in [0, 0.1) is 13.8 Å². The standard InChI is InChI=1S/C12H17N3OS/c1-8-5-7-17-12(8)9(2)13-6-4-11-14-10(3)15-16-11/h5,7,9,13H,4,6H2,1-3H3. The second-order valence-electron chi connectivity index (χ2n) is 4.13. The molecule has 0 saturated heterocycles. The molecule has 2 aromatic heterocycles. The average Bonchev–Trinajstić information content (AvgIpc) is 2.87. The molecular weight excluding hydrogens is 234 g/mol. The molecule has 1 atom stereocenters. The minimum Gasteiger partial charge on any atom is -0.339 e. The third-order valence-corrected chi connectivity index (χ3v) is 3.86. The van der Waals surface area contributed by atoms with Crippen LogP contribution in [0.2, 0.25) is 0 Å². The van der Waals surface area contributed by atoms with Crippen LogP contribution in [0.4, 0.5) is 0 Å². The minimum atomic E-state index is 0.374. The van der Waals surface area contributed by atoms with Crippen molar-refractivity contribution in [1.82, 2.24) is 15.5 Å². The molecule has 0 aromatic carbocycles. The summed E-state index contributed by atoms with van der Waals surface area (Å²) in [4.78, 5) is 5.57. The van der Waals surface area contributed by atoms with Crippen LogP contribution >= 0.6 is 11.3 Å². The Kier molecular flexibility index (Phi) is 3.91. The lowest BCUT2D eigenvalue weighted by molar-refractivity contribution is 0.370. The first kappa shape index (κ1) is 12.3. The molecule has 17 heavy (non-hydrogen) atoms. The number of aromatic nitrogens is 2. The lowest BCUT2D eigenvalue weighted by Gasteiger charge is -2.12. The fourth-order valence-electron chi connectivity index (χ4n) is 1.76. The molecule has 4 nitrogen and oxygen atoms in total. The molecule has 0 aliphatic rings. The summed E-state index contributed by atoms with van der Waals surface area (Å²) < 4.78 is 5.06. The number of hydrogen-bond donors (Lipinski definition) is 1. The van der Waals surface area contributed by atoms with Gasteiger partial charge in [-0.1, -0.05) is 5.16 Å². The molecule has 2 heterocycles. The molecular formula is C12H17N3OS. The maximum atomic E-state index is 5.06. The molecule has 2 rings (SSSR count). The van der Waals surface area contributed by atoms with Gasteiger partial charge in [0, 0.05) is 23.9 Å². The van der Waals surface area contributed by atoms with Gasteiger partial charge in [-0.05, 0) is 37.8 Å². The highest BCUT2D eigenvalue weighted by atomic mass is 32.1. The summed E-state index contributed by atoms with van der Waals surface area (Å²) in [5.41, 5.74) is 1.35. The Balaban J connectivity index is 1.81. The molecule has 0 fully saturated rings. The fourth-order valence-corrected chi connectivity index (χ4v) is 2.72. The zero-order chi connectivity index (χ0) is 12.3. The van der Waals surface area contributed by atoms with E-state index in [4.69, 9.17) is 4.52 Å². The first-order valence-electron chi connectivity index (χ1n) is 5.73. The van der Waals surface area contributed by atoms with Gasteiger partial charge in [0.1, 0.15) is 0 Å². The van der Waals surface area contributed by atoms with Gasteiger partial charge in [-0.2, -0.15) is 4.98 Å². The van der Waals surface area contributed by atoms with E-state index in [2.05, 4.69) is 40.8 Å². The van der Waals surface area contributed by atoms with E-state index in [1.165, 1.54) is 10.4 Å². The Morgan fingerprint density at radius 2 is 2.29 bits per heavy atom. The van der Waals surface area contributed by atoms with Crippen molar-refractivity contribution in [3.05, 3.63) is 33.6 Å². The van der Waals surface area contributed by atoms with Crippen LogP contribution in [0.5, 0.6) is 0 Å². The largest absolute Gasteiger partial charge is 0.339 e. The van der Waals surface area contributed by atoms with Crippen LogP contribution in [0.3, 0.4) is 0 Å². The van der Waals surface area contributed by atoms with Crippen LogP contribution in [-0.2, 0) is 6.42 Å². The number of aryl methyl sites for hydroxylation is 2. The molecule has 0 radical (unpaired) electrons. The molecule has 0 bridgehead atoms. The van der Waals surface area contributed by atoms with Gasteiger partial charge in [0.2, 0.25) is 5.89 Å². The molecule has 0 amide bonds. The third kappa shape index (κ3) is 3.14. The van der Waals surface area contributed by atoms with Gasteiger partial charge in [0.25, 0.3) is 0 Å². The Labute approximate surface area is 105 Å². The lowest BCUT2D eigenvalue weighted by Crippen LogP contribution is -2.21. The number of thiophene rings is 1. The van der Waals surface area contributed by atoms with Gasteiger partial charge < -0.3 is 9.84 Å². The zero-order valence-corrected chi connectivity index (χ0v) is 11.2. The van der Waals surface area contributed by atoms with Gasteiger partial charge in [0.05, 0.1) is 0 Å². The first-order chi connectivity index (χ1) is 8.16. The summed E-state index contributed by atoms with van der Waals surface area (Å²) in [5.74, 6) is 1.40. The summed E-state index contributed by atoms with van der Waals surface area (Å²) in [5, 5.41) is 9.36. The van der Waals surface area contributed by atoms with Crippen molar-refractivity contribution >= 4 is 11.3 Å². The van der Waals surface area contributed by atoms with E-state index < -0.39 is 0 Å². The van der Waals surface area contributed by atoms with Crippen LogP contribution < -0.4 is 5.32 Å². The number of rotatable bonds is 5. The second-order valence-corrected chi connectivity index (χ2v) is 5.08. The van der Waals surface area contributed by atoms with E-state index in [-0.39, 0.29) is 0 Å². The van der Waals surface area contributed by atoms with Crippen molar-refractivity contribution < 1.29 is 4.52 Å². The van der Waals surface area contributed by atoms with Crippen LogP contribution in [-0.4, -0.2) is 16.7 Å². The highest BCUT2D eigenvalue weighted by Gasteiger charge is 2.09. The van der Waals surface area contributed by atoms with E-state index in [0.29, 0.717) is 17.8 Å². The number of nitrogens with zero attached hydrogens (tertiary/aromatic N) is 2. The van der Waals surface area contributed by atoms with Crippen molar-refractivity contribution in [2.75, 3.05) is 6.54 Å². The fraction of sp³-hybridized carbons (Fsp3) is 0.500. The summed E-state index contributed by atoms with van der Waals surface area (Å²) in [6, 6.07) is 2.53. The van der Waals surface area contributed by atoms with Crippen molar-refractivity contribution in [1.29, 1.82) is 0 Å². The third-order valence-electron chi connectivity index (χ3n) is 2.65. The Morgan fingerprint density at radius 3 is 2.88 bits per heavy atom. The molecule has 5 heteroatoms. The van der Waals surface area contributed by atoms with Gasteiger partial charge in [-0.25, -0.2) is 0 Å². The number of nitrogens with one attached hydrogen (secondary N) is 1. The molecule has 0 spiro atoms. The van der Waals surface area contributed by atoms with E-state index in [1.807, 2.05) is 6.92 Å². The van der Waals surface area contributed by atoms with Crippen LogP contribution in [0.15, 0.2) is 16.0 Å². The Morgan fingerprint density at radius 1 is 1.47 bits per heavy atom. The van der Waals surface area contributed by atoms with Gasteiger partial charge >= 0.3 is 0 Å². The molecule has 1 N–H and O–H groups in total. The Bertz CT molecular complexity index is 478. The smallest absolute Gasteiger partial charge is 0.227 e. The summed E-state index contributed by atoms with van der Waals surface area (Å²) >= 11 is 1.79. The van der Waals surface area contributed by atoms with Crippen molar-refractivity contribution in [2.45, 2.75) is 33.2 Å². The predicted octanol–water partition coefficient (Wildman–Crippen LogP) is 2.64. The quantitative estimate of drug-likeness (QED) is 0.887. The summed E-state index contributed by atoms with van der Waals surface area (Å²) in [6.45, 7) is 7.00. The molecule has 0 saturated carbocycles. The van der Waals surface area contributed by atoms with Gasteiger partial charge in [-0.3, -0.25) is 0 Å². The Hall–Kier alpha value is -1.20. The molecule has 92 valence electrons. The maximum absolute atomic E-state index is 5.06. The lowest BCUT2D eigenvalue weighted by atomic mass is 10.2. The number of hydrogen-bond acceptors (Lipinski definition) is 5. The van der Waals surface area contributed by atoms with E-state index in [1.54, 1.807) is 11.3 Å². The van der Waals surface area contributed by atoms with Crippen molar-refractivity contribution in [3.8, 4) is 0 Å². The van der Waals surface area contributed by atoms with Gasteiger partial charge in [-0.15, -0.1) is 11.3 Å². The van der Waals surface area contributed by atoms with E-state index >= 15 is 0 Å². The highest BCUT2D eigenvalue weighted by molar-refractivity contribution is 7.10. The van der Waals surface area contributed by atoms with Crippen LogP contribution in [0.1, 0.15) is 35.1 Å². The second kappa shape index (κ2) is 5.42. The summed E-state index contributed by atoms with van der Waals surface area (Å²) in [6.07, 6.45) is 0.773. The van der Waals surface area contributed by atoms with E-state index in [9.17, 15) is 0 Å². The summed E-state index contributed by atoms with van der Waals surface area (Å²) in [7, 11) is 0. The molecule has 0 aliphatic carbocycles. The monoisotopic (exact) mass is 251 g/mol. The highest BCUT2D eigenvalue weighted by Crippen LogP contribution is 2.23. The molecule has 1 unspecified atom stereocenters. The van der Waals surface area contributed by atoms with Gasteiger partial charge in [0.15, 0.2) is 5.82 Å². The predicted molar refractivity (Wildman–Crippen MR) is 68.2 cm³/mol. The minimum absolute atomic E-state index is 0.374. The van der Waals surface area contributed by atoms with Crippen molar-refractivity contribution in [3.63, 3.8) is 0 Å². The average molecular weight is 251 g/mol. The molecule has 2 aromatic rings. The SMILES string of the molecule is Cc1noc(CCNC(C)c2sccc2C)n1. The zero-order valence-electron chi connectivity index (χ0n) is 10.4. The van der Waals surface area contributed by atoms with Crippen molar-refractivity contribution in [2.24, 2.45) is 0 Å². The normalized spacial score (nSPS) is 12.9. The topological polar surface area (TPSA) is 51.0 Å². The van der Waals surface area contributed by atoms with Crippen LogP contribution in [0.25, 0.3) is 0 Å². The van der Waals surface area contributed by atoms with E-state index in [0.717, 1.165) is 13.0 Å². The molecule has 0 aliphatic heterocycles. The maximum Gasteiger partial charge on any atom is 0.227 e. The first-order valence-corrected chi connectivity index (χ1v) is 6.61.